The van der Waals surface area contributed by atoms with E-state index in [-0.39, 0.29) is 22.8 Å². The zero-order valence-electron chi connectivity index (χ0n) is 12.8. The van der Waals surface area contributed by atoms with E-state index < -0.39 is 30.2 Å². The minimum absolute atomic E-state index is 0.0819. The molecular formula is C15H16F4N2O3. The van der Waals surface area contributed by atoms with Gasteiger partial charge < -0.3 is 9.84 Å². The van der Waals surface area contributed by atoms with Crippen LogP contribution in [0, 0.1) is 0 Å². The van der Waals surface area contributed by atoms with Crippen LogP contribution in [0.1, 0.15) is 24.2 Å². The van der Waals surface area contributed by atoms with Gasteiger partial charge in [0.05, 0.1) is 11.8 Å². The number of halogens is 4. The van der Waals surface area contributed by atoms with Crippen LogP contribution >= 0.6 is 0 Å². The predicted molar refractivity (Wildman–Crippen MR) is 76.6 cm³/mol. The van der Waals surface area contributed by atoms with Crippen LogP contribution in [-0.4, -0.2) is 40.7 Å². The normalized spacial score (nSPS) is 20.6. The van der Waals surface area contributed by atoms with Crippen LogP contribution in [0.15, 0.2) is 36.0 Å². The van der Waals surface area contributed by atoms with Crippen molar-refractivity contribution in [2.45, 2.75) is 38.5 Å². The Balaban J connectivity index is 2.25. The van der Waals surface area contributed by atoms with E-state index in [0.29, 0.717) is 5.75 Å². The summed E-state index contributed by atoms with van der Waals surface area (Å²) in [6.45, 7) is 3.60. The van der Waals surface area contributed by atoms with Gasteiger partial charge in [0.15, 0.2) is 0 Å². The highest BCUT2D eigenvalue weighted by Crippen LogP contribution is 2.31. The maximum Gasteiger partial charge on any atom is 0.291 e. The van der Waals surface area contributed by atoms with Crippen molar-refractivity contribution in [3.8, 4) is 5.75 Å². The van der Waals surface area contributed by atoms with E-state index >= 15 is 0 Å². The van der Waals surface area contributed by atoms with Gasteiger partial charge in [0.1, 0.15) is 5.75 Å². The predicted octanol–water partition coefficient (Wildman–Crippen LogP) is 2.54. The third kappa shape index (κ3) is 3.45. The molecule has 1 aromatic carbocycles. The molecule has 5 nitrogen and oxygen atoms in total. The van der Waals surface area contributed by atoms with Crippen LogP contribution in [0.25, 0.3) is 0 Å². The quantitative estimate of drug-likeness (QED) is 0.803. The molecule has 0 aliphatic carbocycles. The fourth-order valence-corrected chi connectivity index (χ4v) is 2.11. The van der Waals surface area contributed by atoms with E-state index in [1.54, 1.807) is 13.8 Å². The molecule has 1 amide bonds. The van der Waals surface area contributed by atoms with Crippen LogP contribution in [-0.2, 0) is 0 Å². The number of amides is 1. The van der Waals surface area contributed by atoms with Crippen LogP contribution < -0.4 is 10.2 Å². The van der Waals surface area contributed by atoms with Gasteiger partial charge in [0.2, 0.25) is 5.72 Å². The van der Waals surface area contributed by atoms with Gasteiger partial charge in [0, 0.05) is 11.6 Å². The average molecular weight is 348 g/mol. The summed E-state index contributed by atoms with van der Waals surface area (Å²) in [6, 6.07) is 5.44. The molecule has 1 heterocycles. The summed E-state index contributed by atoms with van der Waals surface area (Å²) in [4.78, 5) is 12.3. The van der Waals surface area contributed by atoms with E-state index in [1.807, 2.05) is 5.43 Å². The fraction of sp³-hybridized carbons (Fsp3) is 0.400. The number of nitrogens with one attached hydrogen (secondary N) is 1. The second kappa shape index (κ2) is 6.68. The monoisotopic (exact) mass is 348 g/mol. The zero-order valence-corrected chi connectivity index (χ0v) is 12.8. The highest BCUT2D eigenvalue weighted by molar-refractivity contribution is 5.95. The van der Waals surface area contributed by atoms with Crippen molar-refractivity contribution in [3.63, 3.8) is 0 Å². The SMILES string of the molecule is CC(C)Oc1ccc(C(=O)N2NC(C(F)F)=CC2(O)C(F)F)cc1. The molecule has 0 fully saturated rings. The minimum atomic E-state index is -3.48. The third-order valence-corrected chi connectivity index (χ3v) is 3.20. The summed E-state index contributed by atoms with van der Waals surface area (Å²) in [5.41, 5.74) is -2.36. The van der Waals surface area contributed by atoms with Crippen LogP contribution in [0.5, 0.6) is 5.75 Å². The van der Waals surface area contributed by atoms with Crippen LogP contribution in [0.3, 0.4) is 0 Å². The summed E-state index contributed by atoms with van der Waals surface area (Å²) in [5.74, 6) is -0.632. The zero-order chi connectivity index (χ0) is 18.1. The van der Waals surface area contributed by atoms with Gasteiger partial charge in [-0.2, -0.15) is 0 Å². The number of alkyl halides is 4. The van der Waals surface area contributed by atoms with Gasteiger partial charge in [-0.3, -0.25) is 10.2 Å². The van der Waals surface area contributed by atoms with Gasteiger partial charge in [-0.25, -0.2) is 22.6 Å². The molecule has 0 bridgehead atoms. The highest BCUT2D eigenvalue weighted by Gasteiger charge is 2.51. The van der Waals surface area contributed by atoms with E-state index in [9.17, 15) is 27.5 Å². The van der Waals surface area contributed by atoms with Crippen molar-refractivity contribution in [2.24, 2.45) is 0 Å². The summed E-state index contributed by atoms with van der Waals surface area (Å²) in [7, 11) is 0. The number of hydrazine groups is 1. The lowest BCUT2D eigenvalue weighted by atomic mass is 10.1. The molecule has 1 aliphatic heterocycles. The Bertz CT molecular complexity index is 634. The number of rotatable bonds is 5. The standard InChI is InChI=1S/C15H16F4N2O3/c1-8(2)24-10-5-3-9(4-6-10)13(22)21-15(23,14(18)19)7-11(20-21)12(16)17/h3-8,12,14,20,23H,1-2H3. The number of aliphatic hydroxyl groups is 1. The van der Waals surface area contributed by atoms with E-state index in [2.05, 4.69) is 0 Å². The molecule has 132 valence electrons. The lowest BCUT2D eigenvalue weighted by Crippen LogP contribution is -2.56. The summed E-state index contributed by atoms with van der Waals surface area (Å²) in [5, 5.41) is 10.0. The molecule has 0 radical (unpaired) electrons. The van der Waals surface area contributed by atoms with Crippen molar-refractivity contribution < 1.29 is 32.2 Å². The Kier molecular flexibility index (Phi) is 5.02. The smallest absolute Gasteiger partial charge is 0.291 e. The van der Waals surface area contributed by atoms with Crippen molar-refractivity contribution in [3.05, 3.63) is 41.6 Å². The molecule has 24 heavy (non-hydrogen) atoms. The molecule has 2 rings (SSSR count). The van der Waals surface area contributed by atoms with Crippen molar-refractivity contribution in [1.29, 1.82) is 0 Å². The maximum absolute atomic E-state index is 13.1. The molecule has 1 atom stereocenters. The number of nitrogens with zero attached hydrogens (tertiary/aromatic N) is 1. The van der Waals surface area contributed by atoms with Gasteiger partial charge >= 0.3 is 0 Å². The Labute approximate surface area is 135 Å². The van der Waals surface area contributed by atoms with Crippen molar-refractivity contribution >= 4 is 5.91 Å². The van der Waals surface area contributed by atoms with E-state index in [4.69, 9.17) is 4.74 Å². The molecule has 0 saturated heterocycles. The van der Waals surface area contributed by atoms with Crippen LogP contribution in [0.4, 0.5) is 17.6 Å². The molecular weight excluding hydrogens is 332 g/mol. The first-order valence-corrected chi connectivity index (χ1v) is 7.04. The third-order valence-electron chi connectivity index (χ3n) is 3.20. The summed E-state index contributed by atoms with van der Waals surface area (Å²) < 4.78 is 57.0. The topological polar surface area (TPSA) is 61.8 Å². The second-order valence-corrected chi connectivity index (χ2v) is 5.43. The largest absolute Gasteiger partial charge is 0.491 e. The number of hydrogen-bond acceptors (Lipinski definition) is 4. The minimum Gasteiger partial charge on any atom is -0.491 e. The molecule has 9 heteroatoms. The molecule has 0 aromatic heterocycles. The molecule has 1 aromatic rings. The van der Waals surface area contributed by atoms with Gasteiger partial charge in [-0.1, -0.05) is 0 Å². The summed E-state index contributed by atoms with van der Waals surface area (Å²) in [6.07, 6.45) is -6.48. The molecule has 2 N–H and O–H groups in total. The number of carbonyl (C=O) groups excluding carboxylic acids is 1. The lowest BCUT2D eigenvalue weighted by Gasteiger charge is -2.31. The van der Waals surface area contributed by atoms with Gasteiger partial charge in [-0.15, -0.1) is 0 Å². The molecule has 0 saturated carbocycles. The first-order valence-electron chi connectivity index (χ1n) is 7.04. The van der Waals surface area contributed by atoms with E-state index in [1.165, 1.54) is 24.3 Å². The fourth-order valence-electron chi connectivity index (χ4n) is 2.11. The van der Waals surface area contributed by atoms with Crippen molar-refractivity contribution in [2.75, 3.05) is 0 Å². The van der Waals surface area contributed by atoms with Gasteiger partial charge in [0.25, 0.3) is 18.8 Å². The lowest BCUT2D eigenvalue weighted by molar-refractivity contribution is -0.146. The van der Waals surface area contributed by atoms with E-state index in [0.717, 1.165) is 0 Å². The number of carbonyl (C=O) groups is 1. The van der Waals surface area contributed by atoms with Crippen molar-refractivity contribution in [1.82, 2.24) is 10.4 Å². The highest BCUT2D eigenvalue weighted by atomic mass is 19.3. The number of allylic oxidation sites excluding steroid dienone is 1. The van der Waals surface area contributed by atoms with Crippen LogP contribution in [0.2, 0.25) is 0 Å². The molecule has 1 unspecified atom stereocenters. The Morgan fingerprint density at radius 3 is 2.25 bits per heavy atom. The number of ether oxygens (including phenoxy) is 1. The first-order chi connectivity index (χ1) is 11.1. The molecule has 0 spiro atoms. The second-order valence-electron chi connectivity index (χ2n) is 5.43. The van der Waals surface area contributed by atoms with Gasteiger partial charge in [-0.05, 0) is 38.1 Å². The summed E-state index contributed by atoms with van der Waals surface area (Å²) >= 11 is 0. The molecule has 1 aliphatic rings. The Morgan fingerprint density at radius 1 is 1.21 bits per heavy atom. The first kappa shape index (κ1) is 18.1. The average Bonchev–Trinajstić information content (AvgIpc) is 2.86. The maximum atomic E-state index is 13.1. The Morgan fingerprint density at radius 2 is 1.79 bits per heavy atom. The number of benzene rings is 1. The number of hydrogen-bond donors (Lipinski definition) is 2. The Hall–Kier alpha value is -2.29.